The topological polar surface area (TPSA) is 60.0 Å². The summed E-state index contributed by atoms with van der Waals surface area (Å²) in [5.41, 5.74) is 1.17. The Balaban J connectivity index is 0.00000338. The molecule has 0 aliphatic heterocycles. The van der Waals surface area contributed by atoms with Crippen LogP contribution < -0.4 is 14.8 Å². The van der Waals surface area contributed by atoms with Gasteiger partial charge in [0.25, 0.3) is 0 Å². The van der Waals surface area contributed by atoms with Crippen molar-refractivity contribution in [3.8, 4) is 11.5 Å². The summed E-state index contributed by atoms with van der Waals surface area (Å²) in [6.07, 6.45) is 5.54. The molecule has 1 aliphatic carbocycles. The fourth-order valence-electron chi connectivity index (χ4n) is 3.37. The van der Waals surface area contributed by atoms with Crippen LogP contribution in [0.5, 0.6) is 11.5 Å². The van der Waals surface area contributed by atoms with Gasteiger partial charge in [-0.25, -0.2) is 0 Å². The standard InChI is InChI=1S/C20H33NO4.ClH/c1-15-5-4-6-18(11-15)25-14-17(22)13-21-10-9-16-7-8-19(23-2)20(12-16)24-3;/h7-8,12,15,17-18,21-22H,4-6,9-11,13-14H2,1-3H3;1H. The first-order valence-electron chi connectivity index (χ1n) is 9.33. The third kappa shape index (κ3) is 7.70. The zero-order valence-electron chi connectivity index (χ0n) is 16.2. The Kier molecular flexibility index (Phi) is 11.0. The van der Waals surface area contributed by atoms with Crippen LogP contribution >= 0.6 is 12.4 Å². The van der Waals surface area contributed by atoms with Gasteiger partial charge in [-0.3, -0.25) is 0 Å². The largest absolute Gasteiger partial charge is 0.493 e. The molecule has 0 amide bonds. The minimum absolute atomic E-state index is 0. The van der Waals surface area contributed by atoms with E-state index in [4.69, 9.17) is 14.2 Å². The van der Waals surface area contributed by atoms with E-state index in [1.807, 2.05) is 18.2 Å². The van der Waals surface area contributed by atoms with Crippen LogP contribution in [0, 0.1) is 5.92 Å². The van der Waals surface area contributed by atoms with Gasteiger partial charge >= 0.3 is 0 Å². The Morgan fingerprint density at radius 3 is 2.65 bits per heavy atom. The highest BCUT2D eigenvalue weighted by Gasteiger charge is 2.20. The van der Waals surface area contributed by atoms with Crippen molar-refractivity contribution in [1.82, 2.24) is 5.32 Å². The molecule has 5 nitrogen and oxygen atoms in total. The van der Waals surface area contributed by atoms with Crippen LogP contribution in [0.25, 0.3) is 0 Å². The minimum atomic E-state index is -0.456. The van der Waals surface area contributed by atoms with Crippen LogP contribution in [0.15, 0.2) is 18.2 Å². The van der Waals surface area contributed by atoms with Crippen molar-refractivity contribution < 1.29 is 19.3 Å². The fraction of sp³-hybridized carbons (Fsp3) is 0.700. The van der Waals surface area contributed by atoms with Gasteiger partial charge in [-0.1, -0.05) is 25.8 Å². The summed E-state index contributed by atoms with van der Waals surface area (Å²) in [7, 11) is 3.28. The molecule has 0 aromatic heterocycles. The van der Waals surface area contributed by atoms with E-state index in [9.17, 15) is 5.11 Å². The second kappa shape index (κ2) is 12.4. The highest BCUT2D eigenvalue weighted by molar-refractivity contribution is 5.85. The molecule has 26 heavy (non-hydrogen) atoms. The molecule has 0 radical (unpaired) electrons. The molecule has 0 bridgehead atoms. The van der Waals surface area contributed by atoms with Crippen LogP contribution in [-0.4, -0.2) is 51.2 Å². The molecule has 150 valence electrons. The van der Waals surface area contributed by atoms with Gasteiger partial charge in [0, 0.05) is 6.54 Å². The van der Waals surface area contributed by atoms with Gasteiger partial charge < -0.3 is 24.6 Å². The molecule has 2 rings (SSSR count). The van der Waals surface area contributed by atoms with Gasteiger partial charge in [0.1, 0.15) is 0 Å². The SMILES string of the molecule is COc1ccc(CCNCC(O)COC2CCCC(C)C2)cc1OC.Cl. The van der Waals surface area contributed by atoms with Gasteiger partial charge in [0.2, 0.25) is 0 Å². The predicted molar refractivity (Wildman–Crippen MR) is 107 cm³/mol. The van der Waals surface area contributed by atoms with Gasteiger partial charge in [0.05, 0.1) is 33.0 Å². The summed E-state index contributed by atoms with van der Waals surface area (Å²) >= 11 is 0. The average molecular weight is 388 g/mol. The molecule has 3 unspecified atom stereocenters. The predicted octanol–water partition coefficient (Wildman–Crippen LogP) is 3.21. The van der Waals surface area contributed by atoms with E-state index in [1.165, 1.54) is 18.4 Å². The molecule has 3 atom stereocenters. The number of rotatable bonds is 10. The number of methoxy groups -OCH3 is 2. The van der Waals surface area contributed by atoms with E-state index < -0.39 is 6.10 Å². The molecule has 0 heterocycles. The van der Waals surface area contributed by atoms with Crippen molar-refractivity contribution in [2.24, 2.45) is 5.92 Å². The molecule has 0 saturated heterocycles. The molecule has 1 aromatic carbocycles. The lowest BCUT2D eigenvalue weighted by Gasteiger charge is -2.27. The first-order valence-corrected chi connectivity index (χ1v) is 9.33. The molecule has 0 spiro atoms. The first kappa shape index (κ1) is 23.0. The lowest BCUT2D eigenvalue weighted by molar-refractivity contribution is -0.0305. The Morgan fingerprint density at radius 2 is 1.96 bits per heavy atom. The number of nitrogens with one attached hydrogen (secondary N) is 1. The lowest BCUT2D eigenvalue weighted by atomic mass is 9.89. The van der Waals surface area contributed by atoms with E-state index in [-0.39, 0.29) is 12.4 Å². The second-order valence-corrected chi connectivity index (χ2v) is 7.02. The third-order valence-corrected chi connectivity index (χ3v) is 4.83. The third-order valence-electron chi connectivity index (χ3n) is 4.83. The molecular formula is C20H34ClNO4. The monoisotopic (exact) mass is 387 g/mol. The lowest BCUT2D eigenvalue weighted by Crippen LogP contribution is -2.34. The van der Waals surface area contributed by atoms with Crippen LogP contribution in [0.3, 0.4) is 0 Å². The highest BCUT2D eigenvalue weighted by atomic mass is 35.5. The molecule has 1 aromatic rings. The minimum Gasteiger partial charge on any atom is -0.493 e. The zero-order valence-corrected chi connectivity index (χ0v) is 17.0. The van der Waals surface area contributed by atoms with Gasteiger partial charge in [-0.2, -0.15) is 0 Å². The molecule has 2 N–H and O–H groups in total. The summed E-state index contributed by atoms with van der Waals surface area (Å²) in [5, 5.41) is 13.4. The van der Waals surface area contributed by atoms with Gasteiger partial charge in [0.15, 0.2) is 11.5 Å². The van der Waals surface area contributed by atoms with Crippen molar-refractivity contribution in [3.05, 3.63) is 23.8 Å². The number of hydrogen-bond donors (Lipinski definition) is 2. The van der Waals surface area contributed by atoms with Crippen LogP contribution in [0.1, 0.15) is 38.2 Å². The number of halogens is 1. The number of aliphatic hydroxyl groups is 1. The second-order valence-electron chi connectivity index (χ2n) is 7.02. The fourth-order valence-corrected chi connectivity index (χ4v) is 3.37. The highest BCUT2D eigenvalue weighted by Crippen LogP contribution is 2.27. The van der Waals surface area contributed by atoms with Crippen molar-refractivity contribution >= 4 is 12.4 Å². The van der Waals surface area contributed by atoms with E-state index in [0.717, 1.165) is 43.2 Å². The Morgan fingerprint density at radius 1 is 1.19 bits per heavy atom. The van der Waals surface area contributed by atoms with Crippen molar-refractivity contribution in [3.63, 3.8) is 0 Å². The van der Waals surface area contributed by atoms with Crippen LogP contribution in [0.4, 0.5) is 0 Å². The van der Waals surface area contributed by atoms with Crippen molar-refractivity contribution in [1.29, 1.82) is 0 Å². The van der Waals surface area contributed by atoms with E-state index in [0.29, 0.717) is 19.3 Å². The van der Waals surface area contributed by atoms with E-state index in [2.05, 4.69) is 12.2 Å². The first-order chi connectivity index (χ1) is 12.1. The summed E-state index contributed by atoms with van der Waals surface area (Å²) < 4.78 is 16.4. The Bertz CT molecular complexity index is 515. The molecule has 1 saturated carbocycles. The normalized spacial score (nSPS) is 20.9. The molecular weight excluding hydrogens is 354 g/mol. The van der Waals surface area contributed by atoms with Crippen molar-refractivity contribution in [2.75, 3.05) is 33.9 Å². The zero-order chi connectivity index (χ0) is 18.1. The van der Waals surface area contributed by atoms with Crippen molar-refractivity contribution in [2.45, 2.75) is 51.2 Å². The molecule has 1 fully saturated rings. The van der Waals surface area contributed by atoms with Gasteiger partial charge in [-0.05, 0) is 49.4 Å². The number of benzene rings is 1. The average Bonchev–Trinajstić information content (AvgIpc) is 2.63. The molecule has 6 heteroatoms. The maximum atomic E-state index is 10.1. The van der Waals surface area contributed by atoms with Gasteiger partial charge in [-0.15, -0.1) is 12.4 Å². The maximum absolute atomic E-state index is 10.1. The summed E-state index contributed by atoms with van der Waals surface area (Å²) in [6, 6.07) is 5.94. The number of ether oxygens (including phenoxy) is 3. The quantitative estimate of drug-likeness (QED) is 0.603. The Labute approximate surface area is 163 Å². The number of aliphatic hydroxyl groups excluding tert-OH is 1. The maximum Gasteiger partial charge on any atom is 0.160 e. The van der Waals surface area contributed by atoms with Crippen LogP contribution in [-0.2, 0) is 11.2 Å². The number of hydrogen-bond acceptors (Lipinski definition) is 5. The van der Waals surface area contributed by atoms with E-state index >= 15 is 0 Å². The van der Waals surface area contributed by atoms with Crippen LogP contribution in [0.2, 0.25) is 0 Å². The molecule has 1 aliphatic rings. The summed E-state index contributed by atoms with van der Waals surface area (Å²) in [5.74, 6) is 2.23. The summed E-state index contributed by atoms with van der Waals surface area (Å²) in [6.45, 7) is 4.05. The Hall–Kier alpha value is -1.01. The summed E-state index contributed by atoms with van der Waals surface area (Å²) in [4.78, 5) is 0. The van der Waals surface area contributed by atoms with E-state index in [1.54, 1.807) is 14.2 Å². The smallest absolute Gasteiger partial charge is 0.160 e.